The summed E-state index contributed by atoms with van der Waals surface area (Å²) in [6.45, 7) is 2.14. The van der Waals surface area contributed by atoms with Gasteiger partial charge in [-0.05, 0) is 105 Å². The highest BCUT2D eigenvalue weighted by Crippen LogP contribution is 2.43. The Kier molecular flexibility index (Phi) is 8.08. The third-order valence-corrected chi connectivity index (χ3v) is 10.8. The van der Waals surface area contributed by atoms with E-state index in [0.29, 0.717) is 0 Å². The van der Waals surface area contributed by atoms with Gasteiger partial charge in [-0.3, -0.25) is 0 Å². The van der Waals surface area contributed by atoms with E-state index >= 15 is 0 Å². The standard InChI is InChI=1S/C53H37NO/c1-36-47-20-9-10-24-52(47)55-53(36)44-19-12-18-42(34-44)39-27-31-46(32-28-39)54(51-35-43-15-5-6-21-48(43)49-22-7-8-23-50(49)51)45-29-25-38(26-30-45)41-17-11-16-40(33-41)37-13-3-2-4-14-37/h2-35H,1H3. The van der Waals surface area contributed by atoms with Crippen molar-refractivity contribution in [1.82, 2.24) is 0 Å². The Morgan fingerprint density at radius 1 is 0.345 bits per heavy atom. The summed E-state index contributed by atoms with van der Waals surface area (Å²) in [5, 5.41) is 6.07. The largest absolute Gasteiger partial charge is 0.456 e. The zero-order valence-electron chi connectivity index (χ0n) is 30.5. The Bertz CT molecular complexity index is 2970. The molecule has 260 valence electrons. The molecular weight excluding hydrogens is 667 g/mol. The molecule has 0 aliphatic carbocycles. The van der Waals surface area contributed by atoms with Crippen LogP contribution in [0.4, 0.5) is 17.1 Å². The molecule has 0 spiro atoms. The molecule has 10 rings (SSSR count). The number of hydrogen-bond donors (Lipinski definition) is 0. The molecule has 55 heavy (non-hydrogen) atoms. The first-order valence-corrected chi connectivity index (χ1v) is 18.8. The van der Waals surface area contributed by atoms with Crippen LogP contribution >= 0.6 is 0 Å². The van der Waals surface area contributed by atoms with E-state index in [9.17, 15) is 0 Å². The summed E-state index contributed by atoms with van der Waals surface area (Å²) in [5.74, 6) is 0.921. The molecule has 0 N–H and O–H groups in total. The molecule has 2 nitrogen and oxygen atoms in total. The van der Waals surface area contributed by atoms with Gasteiger partial charge in [0.2, 0.25) is 0 Å². The Morgan fingerprint density at radius 2 is 0.818 bits per heavy atom. The van der Waals surface area contributed by atoms with Gasteiger partial charge in [-0.2, -0.15) is 0 Å². The van der Waals surface area contributed by atoms with Gasteiger partial charge in [0.25, 0.3) is 0 Å². The number of rotatable bonds is 7. The molecule has 0 aliphatic rings. The Morgan fingerprint density at radius 3 is 1.45 bits per heavy atom. The van der Waals surface area contributed by atoms with Crippen molar-refractivity contribution in [2.24, 2.45) is 0 Å². The third kappa shape index (κ3) is 5.95. The number of nitrogens with zero attached hydrogens (tertiary/aromatic N) is 1. The number of aryl methyl sites for hydroxylation is 1. The van der Waals surface area contributed by atoms with Crippen LogP contribution < -0.4 is 4.90 Å². The van der Waals surface area contributed by atoms with E-state index in [-0.39, 0.29) is 0 Å². The second-order valence-electron chi connectivity index (χ2n) is 14.2. The molecule has 0 saturated carbocycles. The van der Waals surface area contributed by atoms with Gasteiger partial charge in [0, 0.05) is 33.3 Å². The van der Waals surface area contributed by atoms with E-state index in [4.69, 9.17) is 4.42 Å². The molecule has 0 amide bonds. The Balaban J connectivity index is 1.07. The van der Waals surface area contributed by atoms with Gasteiger partial charge in [-0.25, -0.2) is 0 Å². The fraction of sp³-hybridized carbons (Fsp3) is 0.0189. The van der Waals surface area contributed by atoms with Crippen LogP contribution in [-0.2, 0) is 0 Å². The van der Waals surface area contributed by atoms with E-state index in [0.717, 1.165) is 56.0 Å². The molecule has 0 fully saturated rings. The average molecular weight is 704 g/mol. The second-order valence-corrected chi connectivity index (χ2v) is 14.2. The van der Waals surface area contributed by atoms with Gasteiger partial charge in [0.1, 0.15) is 11.3 Å². The van der Waals surface area contributed by atoms with Crippen LogP contribution in [0.1, 0.15) is 5.56 Å². The number of anilines is 3. The van der Waals surface area contributed by atoms with Crippen LogP contribution in [0, 0.1) is 6.92 Å². The summed E-state index contributed by atoms with van der Waals surface area (Å²) >= 11 is 0. The van der Waals surface area contributed by atoms with E-state index in [2.05, 4.69) is 206 Å². The highest BCUT2D eigenvalue weighted by Gasteiger charge is 2.18. The summed E-state index contributed by atoms with van der Waals surface area (Å²) in [4.78, 5) is 2.40. The van der Waals surface area contributed by atoms with Gasteiger partial charge in [-0.1, -0.05) is 158 Å². The SMILES string of the molecule is Cc1c(-c2cccc(-c3ccc(N(c4ccc(-c5cccc(-c6ccccc6)c5)cc4)c4cc5ccccc5c5ccccc45)cc3)c2)oc2ccccc12. The number of para-hydroxylation sites is 1. The molecule has 0 aliphatic heterocycles. The zero-order chi connectivity index (χ0) is 36.7. The highest BCUT2D eigenvalue weighted by atomic mass is 16.3. The van der Waals surface area contributed by atoms with Crippen molar-refractivity contribution in [3.63, 3.8) is 0 Å². The Hall–Kier alpha value is -7.16. The molecule has 2 heteroatoms. The van der Waals surface area contributed by atoms with Crippen LogP contribution in [0.5, 0.6) is 0 Å². The van der Waals surface area contributed by atoms with Crippen molar-refractivity contribution < 1.29 is 4.42 Å². The topological polar surface area (TPSA) is 16.4 Å². The summed E-state index contributed by atoms with van der Waals surface area (Å²) in [6.07, 6.45) is 0. The molecular formula is C53H37NO. The molecule has 0 saturated heterocycles. The lowest BCUT2D eigenvalue weighted by Gasteiger charge is -2.28. The van der Waals surface area contributed by atoms with Crippen LogP contribution in [-0.4, -0.2) is 0 Å². The number of benzene rings is 9. The lowest BCUT2D eigenvalue weighted by atomic mass is 9.97. The molecule has 0 bridgehead atoms. The average Bonchev–Trinajstić information content (AvgIpc) is 3.60. The van der Waals surface area contributed by atoms with E-state index in [1.54, 1.807) is 0 Å². The van der Waals surface area contributed by atoms with Gasteiger partial charge in [0.15, 0.2) is 0 Å². The zero-order valence-corrected chi connectivity index (χ0v) is 30.5. The van der Waals surface area contributed by atoms with Crippen molar-refractivity contribution in [3.05, 3.63) is 212 Å². The number of fused-ring (bicyclic) bond motifs is 4. The minimum Gasteiger partial charge on any atom is -0.456 e. The van der Waals surface area contributed by atoms with Crippen molar-refractivity contribution in [2.75, 3.05) is 4.90 Å². The van der Waals surface area contributed by atoms with E-state index < -0.39 is 0 Å². The summed E-state index contributed by atoms with van der Waals surface area (Å²) in [7, 11) is 0. The third-order valence-electron chi connectivity index (χ3n) is 10.8. The smallest absolute Gasteiger partial charge is 0.138 e. The maximum Gasteiger partial charge on any atom is 0.138 e. The maximum atomic E-state index is 6.35. The molecule has 0 atom stereocenters. The van der Waals surface area contributed by atoms with Crippen LogP contribution in [0.15, 0.2) is 211 Å². The van der Waals surface area contributed by atoms with Crippen molar-refractivity contribution >= 4 is 49.6 Å². The van der Waals surface area contributed by atoms with Gasteiger partial charge in [0.05, 0.1) is 5.69 Å². The quantitative estimate of drug-likeness (QED) is 0.154. The first kappa shape index (κ1) is 32.5. The van der Waals surface area contributed by atoms with Crippen molar-refractivity contribution in [1.29, 1.82) is 0 Å². The minimum atomic E-state index is 0.916. The second kappa shape index (κ2) is 13.7. The highest BCUT2D eigenvalue weighted by molar-refractivity contribution is 6.14. The van der Waals surface area contributed by atoms with Crippen molar-refractivity contribution in [3.8, 4) is 44.7 Å². The molecule has 0 unspecified atom stereocenters. The number of hydrogen-bond acceptors (Lipinski definition) is 2. The van der Waals surface area contributed by atoms with Crippen LogP contribution in [0.25, 0.3) is 77.2 Å². The first-order valence-electron chi connectivity index (χ1n) is 18.8. The first-order chi connectivity index (χ1) is 27.2. The molecule has 1 heterocycles. The normalized spacial score (nSPS) is 11.4. The predicted octanol–water partition coefficient (Wildman–Crippen LogP) is 15.2. The van der Waals surface area contributed by atoms with Crippen LogP contribution in [0.3, 0.4) is 0 Å². The Labute approximate surface area is 321 Å². The van der Waals surface area contributed by atoms with E-state index in [1.807, 2.05) is 12.1 Å². The monoisotopic (exact) mass is 703 g/mol. The maximum absolute atomic E-state index is 6.35. The lowest BCUT2D eigenvalue weighted by Crippen LogP contribution is -2.10. The molecule has 1 aromatic heterocycles. The molecule has 10 aromatic rings. The van der Waals surface area contributed by atoms with Gasteiger partial charge < -0.3 is 9.32 Å². The number of furan rings is 1. The minimum absolute atomic E-state index is 0.916. The molecule has 9 aromatic carbocycles. The fourth-order valence-electron chi connectivity index (χ4n) is 8.05. The summed E-state index contributed by atoms with van der Waals surface area (Å²) in [6, 6.07) is 74.0. The summed E-state index contributed by atoms with van der Waals surface area (Å²) in [5.41, 5.74) is 13.6. The molecule has 0 radical (unpaired) electrons. The summed E-state index contributed by atoms with van der Waals surface area (Å²) < 4.78 is 6.35. The van der Waals surface area contributed by atoms with E-state index in [1.165, 1.54) is 43.8 Å². The van der Waals surface area contributed by atoms with Crippen molar-refractivity contribution in [2.45, 2.75) is 6.92 Å². The lowest BCUT2D eigenvalue weighted by molar-refractivity contribution is 0.629. The fourth-order valence-corrected chi connectivity index (χ4v) is 8.05. The predicted molar refractivity (Wildman–Crippen MR) is 232 cm³/mol. The van der Waals surface area contributed by atoms with Crippen LogP contribution in [0.2, 0.25) is 0 Å². The van der Waals surface area contributed by atoms with Gasteiger partial charge >= 0.3 is 0 Å². The van der Waals surface area contributed by atoms with Gasteiger partial charge in [-0.15, -0.1) is 0 Å².